The second-order valence-corrected chi connectivity index (χ2v) is 2.74. The first-order valence-electron chi connectivity index (χ1n) is 4.02. The number of hydrogen-bond acceptors (Lipinski definition) is 2. The Bertz CT molecular complexity index is 276. The monoisotopic (exact) mass is 177 g/mol. The number of hydrogen-bond donors (Lipinski definition) is 0. The highest BCUT2D eigenvalue weighted by Gasteiger charge is 2.11. The number of amides is 2. The lowest BCUT2D eigenvalue weighted by Crippen LogP contribution is -2.23. The van der Waals surface area contributed by atoms with Crippen LogP contribution in [0.15, 0.2) is 30.3 Å². The average molecular weight is 177 g/mol. The van der Waals surface area contributed by atoms with Crippen LogP contribution < -0.4 is 0 Å². The van der Waals surface area contributed by atoms with E-state index in [1.807, 2.05) is 30.3 Å². The minimum absolute atomic E-state index is 0.198. The first-order chi connectivity index (χ1) is 6.29. The van der Waals surface area contributed by atoms with Gasteiger partial charge in [-0.25, -0.2) is 0 Å². The molecular weight excluding hydrogens is 166 g/mol. The zero-order valence-corrected chi connectivity index (χ0v) is 7.38. The predicted molar refractivity (Wildman–Crippen MR) is 48.8 cm³/mol. The summed E-state index contributed by atoms with van der Waals surface area (Å²) < 4.78 is 0. The van der Waals surface area contributed by atoms with Crippen molar-refractivity contribution in [3.05, 3.63) is 35.9 Å². The largest absolute Gasteiger partial charge is 0.281 e. The quantitative estimate of drug-likeness (QED) is 0.651. The Balaban J connectivity index is 2.83. The minimum Gasteiger partial charge on any atom is -0.281 e. The third-order valence-electron chi connectivity index (χ3n) is 1.97. The van der Waals surface area contributed by atoms with Crippen LogP contribution in [0.1, 0.15) is 18.5 Å². The van der Waals surface area contributed by atoms with E-state index >= 15 is 0 Å². The SMILES string of the molecule is CC(c1ccccc1)N(C=O)C=O. The van der Waals surface area contributed by atoms with Gasteiger partial charge in [0.1, 0.15) is 0 Å². The second kappa shape index (κ2) is 4.40. The van der Waals surface area contributed by atoms with Gasteiger partial charge in [-0.3, -0.25) is 14.5 Å². The van der Waals surface area contributed by atoms with Crippen molar-refractivity contribution in [1.82, 2.24) is 4.90 Å². The summed E-state index contributed by atoms with van der Waals surface area (Å²) in [4.78, 5) is 22.0. The fourth-order valence-corrected chi connectivity index (χ4v) is 1.11. The van der Waals surface area contributed by atoms with Crippen molar-refractivity contribution in [2.45, 2.75) is 13.0 Å². The lowest BCUT2D eigenvalue weighted by Gasteiger charge is -2.18. The summed E-state index contributed by atoms with van der Waals surface area (Å²) in [7, 11) is 0. The van der Waals surface area contributed by atoms with Crippen molar-refractivity contribution in [3.63, 3.8) is 0 Å². The van der Waals surface area contributed by atoms with E-state index in [-0.39, 0.29) is 6.04 Å². The van der Waals surface area contributed by atoms with Gasteiger partial charge < -0.3 is 0 Å². The molecule has 13 heavy (non-hydrogen) atoms. The zero-order valence-electron chi connectivity index (χ0n) is 7.38. The van der Waals surface area contributed by atoms with Crippen molar-refractivity contribution in [3.8, 4) is 0 Å². The first-order valence-corrected chi connectivity index (χ1v) is 4.02. The van der Waals surface area contributed by atoms with Crippen LogP contribution in [0.25, 0.3) is 0 Å². The lowest BCUT2D eigenvalue weighted by atomic mass is 10.1. The number of carbonyl (C=O) groups is 2. The third kappa shape index (κ3) is 2.15. The van der Waals surface area contributed by atoms with Crippen molar-refractivity contribution >= 4 is 12.8 Å². The highest BCUT2D eigenvalue weighted by molar-refractivity contribution is 5.69. The van der Waals surface area contributed by atoms with E-state index in [1.165, 1.54) is 0 Å². The van der Waals surface area contributed by atoms with Crippen molar-refractivity contribution in [1.29, 1.82) is 0 Å². The highest BCUT2D eigenvalue weighted by Crippen LogP contribution is 2.16. The van der Waals surface area contributed by atoms with Crippen LogP contribution in [-0.2, 0) is 9.59 Å². The molecule has 0 aromatic heterocycles. The number of benzene rings is 1. The van der Waals surface area contributed by atoms with Crippen LogP contribution >= 0.6 is 0 Å². The Morgan fingerprint density at radius 1 is 1.15 bits per heavy atom. The summed E-state index contributed by atoms with van der Waals surface area (Å²) in [5.41, 5.74) is 0.946. The summed E-state index contributed by atoms with van der Waals surface area (Å²) in [5.74, 6) is 0. The fraction of sp³-hybridized carbons (Fsp3) is 0.200. The molecule has 1 rings (SSSR count). The van der Waals surface area contributed by atoms with E-state index in [4.69, 9.17) is 0 Å². The van der Waals surface area contributed by atoms with Crippen LogP contribution in [0, 0.1) is 0 Å². The van der Waals surface area contributed by atoms with Crippen LogP contribution in [0.2, 0.25) is 0 Å². The van der Waals surface area contributed by atoms with Gasteiger partial charge in [-0.2, -0.15) is 0 Å². The number of carbonyl (C=O) groups excluding carboxylic acids is 2. The predicted octanol–water partition coefficient (Wildman–Crippen LogP) is 1.36. The van der Waals surface area contributed by atoms with Gasteiger partial charge in [0.2, 0.25) is 12.8 Å². The Morgan fingerprint density at radius 2 is 1.69 bits per heavy atom. The van der Waals surface area contributed by atoms with E-state index in [2.05, 4.69) is 0 Å². The molecule has 2 amide bonds. The molecule has 3 nitrogen and oxygen atoms in total. The van der Waals surface area contributed by atoms with E-state index in [0.29, 0.717) is 12.8 Å². The molecule has 1 aromatic carbocycles. The van der Waals surface area contributed by atoms with E-state index in [1.54, 1.807) is 6.92 Å². The number of nitrogens with zero attached hydrogens (tertiary/aromatic N) is 1. The van der Waals surface area contributed by atoms with Crippen LogP contribution in [0.3, 0.4) is 0 Å². The standard InChI is InChI=1S/C10H11NO2/c1-9(11(7-12)8-13)10-5-3-2-4-6-10/h2-9H,1H3. The topological polar surface area (TPSA) is 37.4 Å². The molecule has 0 N–H and O–H groups in total. The fourth-order valence-electron chi connectivity index (χ4n) is 1.11. The second-order valence-electron chi connectivity index (χ2n) is 2.74. The molecule has 1 aromatic rings. The van der Waals surface area contributed by atoms with Crippen LogP contribution in [-0.4, -0.2) is 17.7 Å². The summed E-state index contributed by atoms with van der Waals surface area (Å²) in [6.07, 6.45) is 1.06. The molecule has 3 heteroatoms. The molecule has 0 radical (unpaired) electrons. The van der Waals surface area contributed by atoms with Gasteiger partial charge in [0.15, 0.2) is 0 Å². The van der Waals surface area contributed by atoms with E-state index in [0.717, 1.165) is 10.5 Å². The Hall–Kier alpha value is -1.64. The summed E-state index contributed by atoms with van der Waals surface area (Å²) in [6.45, 7) is 1.80. The molecule has 1 atom stereocenters. The van der Waals surface area contributed by atoms with Gasteiger partial charge in [-0.1, -0.05) is 30.3 Å². The van der Waals surface area contributed by atoms with Gasteiger partial charge in [-0.15, -0.1) is 0 Å². The van der Waals surface area contributed by atoms with E-state index < -0.39 is 0 Å². The number of rotatable bonds is 4. The Labute approximate surface area is 77.0 Å². The molecule has 0 bridgehead atoms. The summed E-state index contributed by atoms with van der Waals surface area (Å²) in [6, 6.07) is 9.20. The maximum atomic E-state index is 10.4. The first kappa shape index (κ1) is 9.45. The van der Waals surface area contributed by atoms with Gasteiger partial charge >= 0.3 is 0 Å². The lowest BCUT2D eigenvalue weighted by molar-refractivity contribution is -0.131. The van der Waals surface area contributed by atoms with Crippen LogP contribution in [0.4, 0.5) is 0 Å². The maximum Gasteiger partial charge on any atom is 0.216 e. The third-order valence-corrected chi connectivity index (χ3v) is 1.97. The molecular formula is C10H11NO2. The van der Waals surface area contributed by atoms with Gasteiger partial charge in [0.05, 0.1) is 6.04 Å². The Morgan fingerprint density at radius 3 is 2.15 bits per heavy atom. The molecule has 0 heterocycles. The summed E-state index contributed by atoms with van der Waals surface area (Å²) in [5, 5.41) is 0. The minimum atomic E-state index is -0.198. The average Bonchev–Trinajstić information content (AvgIpc) is 2.21. The molecule has 0 saturated carbocycles. The Kier molecular flexibility index (Phi) is 3.20. The van der Waals surface area contributed by atoms with Crippen molar-refractivity contribution < 1.29 is 9.59 Å². The van der Waals surface area contributed by atoms with Gasteiger partial charge in [0.25, 0.3) is 0 Å². The smallest absolute Gasteiger partial charge is 0.216 e. The molecule has 0 saturated heterocycles. The molecule has 0 aliphatic heterocycles. The molecule has 68 valence electrons. The highest BCUT2D eigenvalue weighted by atomic mass is 16.2. The maximum absolute atomic E-state index is 10.4. The normalized spacial score (nSPS) is 11.8. The summed E-state index contributed by atoms with van der Waals surface area (Å²) >= 11 is 0. The van der Waals surface area contributed by atoms with Gasteiger partial charge in [0, 0.05) is 0 Å². The van der Waals surface area contributed by atoms with E-state index in [9.17, 15) is 9.59 Å². The molecule has 1 unspecified atom stereocenters. The van der Waals surface area contributed by atoms with Crippen LogP contribution in [0.5, 0.6) is 0 Å². The molecule has 0 aliphatic rings. The number of imide groups is 1. The van der Waals surface area contributed by atoms with Crippen molar-refractivity contribution in [2.24, 2.45) is 0 Å². The molecule has 0 spiro atoms. The molecule has 0 fully saturated rings. The molecule has 0 aliphatic carbocycles. The van der Waals surface area contributed by atoms with Crippen molar-refractivity contribution in [2.75, 3.05) is 0 Å². The van der Waals surface area contributed by atoms with Gasteiger partial charge in [-0.05, 0) is 12.5 Å². The zero-order chi connectivity index (χ0) is 9.68.